The molecule has 2 aromatic carbocycles. The van der Waals surface area contributed by atoms with E-state index < -0.39 is 0 Å². The first-order valence-corrected chi connectivity index (χ1v) is 10.0. The Morgan fingerprint density at radius 1 is 1.17 bits per heavy atom. The molecule has 0 atom stereocenters. The fourth-order valence-electron chi connectivity index (χ4n) is 1.96. The van der Waals surface area contributed by atoms with Gasteiger partial charge in [0.2, 0.25) is 0 Å². The number of aryl methyl sites for hydroxylation is 1. The number of hydrogen-bond donors (Lipinski definition) is 1. The highest BCUT2D eigenvalue weighted by Crippen LogP contribution is 2.24. The van der Waals surface area contributed by atoms with Crippen molar-refractivity contribution in [1.82, 2.24) is 5.32 Å². The first-order chi connectivity index (χ1) is 11.0. The van der Waals surface area contributed by atoms with Crippen molar-refractivity contribution in [3.05, 3.63) is 66.7 Å². The van der Waals surface area contributed by atoms with Gasteiger partial charge in [0.1, 0.15) is 0 Å². The molecule has 0 aromatic heterocycles. The van der Waals surface area contributed by atoms with Crippen LogP contribution < -0.4 is 5.32 Å². The van der Waals surface area contributed by atoms with Crippen LogP contribution in [-0.2, 0) is 5.75 Å². The van der Waals surface area contributed by atoms with Crippen molar-refractivity contribution in [2.75, 3.05) is 12.3 Å². The molecule has 0 aliphatic carbocycles. The second-order valence-corrected chi connectivity index (χ2v) is 8.12. The van der Waals surface area contributed by atoms with Crippen molar-refractivity contribution in [2.45, 2.75) is 12.7 Å². The number of thioether (sulfide) groups is 1. The molecule has 0 radical (unpaired) electrons. The molecule has 1 amide bonds. The summed E-state index contributed by atoms with van der Waals surface area (Å²) in [5, 5.41) is 4.10. The molecule has 0 aliphatic rings. The van der Waals surface area contributed by atoms with Crippen LogP contribution in [0.4, 0.5) is 0 Å². The summed E-state index contributed by atoms with van der Waals surface area (Å²) in [6.07, 6.45) is 0. The molecule has 1 N–H and O–H groups in total. The van der Waals surface area contributed by atoms with E-state index >= 15 is 0 Å². The van der Waals surface area contributed by atoms with E-state index in [1.165, 1.54) is 0 Å². The topological polar surface area (TPSA) is 29.1 Å². The van der Waals surface area contributed by atoms with Crippen molar-refractivity contribution in [3.63, 3.8) is 0 Å². The summed E-state index contributed by atoms with van der Waals surface area (Å²) in [4.78, 5) is 12.1. The number of benzene rings is 2. The molecule has 0 saturated carbocycles. The Morgan fingerprint density at radius 3 is 2.65 bits per heavy atom. The second-order valence-electron chi connectivity index (χ2n) is 5.04. The van der Waals surface area contributed by atoms with Crippen molar-refractivity contribution >= 4 is 63.5 Å². The van der Waals surface area contributed by atoms with Gasteiger partial charge in [0.05, 0.1) is 15.6 Å². The summed E-state index contributed by atoms with van der Waals surface area (Å²) in [6, 6.07) is 11.5. The Labute approximate surface area is 164 Å². The summed E-state index contributed by atoms with van der Waals surface area (Å²) in [5.41, 5.74) is 3.01. The van der Waals surface area contributed by atoms with E-state index in [0.29, 0.717) is 16.6 Å². The minimum Gasteiger partial charge on any atom is -0.351 e. The molecule has 0 unspecified atom stereocenters. The minimum absolute atomic E-state index is 0.0236. The molecule has 2 aromatic rings. The molecular formula is C17H16Cl2INOS. The molecule has 0 fully saturated rings. The van der Waals surface area contributed by atoms with Crippen molar-refractivity contribution in [3.8, 4) is 0 Å². The monoisotopic (exact) mass is 479 g/mol. The molecule has 0 bridgehead atoms. The summed E-state index contributed by atoms with van der Waals surface area (Å²) < 4.78 is 0.976. The predicted octanol–water partition coefficient (Wildman–Crippen LogP) is 5.57. The van der Waals surface area contributed by atoms with Gasteiger partial charge in [-0.05, 0) is 59.3 Å². The zero-order chi connectivity index (χ0) is 16.8. The lowest BCUT2D eigenvalue weighted by Gasteiger charge is -2.08. The largest absolute Gasteiger partial charge is 0.351 e. The molecule has 0 aliphatic heterocycles. The van der Waals surface area contributed by atoms with Crippen LogP contribution in [0.5, 0.6) is 0 Å². The number of halogens is 3. The quantitative estimate of drug-likeness (QED) is 0.433. The Bertz CT molecular complexity index is 709. The van der Waals surface area contributed by atoms with E-state index in [1.807, 2.05) is 37.3 Å². The predicted molar refractivity (Wildman–Crippen MR) is 109 cm³/mol. The lowest BCUT2D eigenvalue weighted by atomic mass is 10.1. The zero-order valence-corrected chi connectivity index (χ0v) is 17.0. The Hall–Kier alpha value is -0.430. The maximum atomic E-state index is 12.1. The SMILES string of the molecule is Cc1ccc(C(=O)NCCSCc2ccc(Cl)c(Cl)c2)c(I)c1. The summed E-state index contributed by atoms with van der Waals surface area (Å²) >= 11 is 15.8. The first-order valence-electron chi connectivity index (χ1n) is 7.03. The molecule has 0 spiro atoms. The average molecular weight is 480 g/mol. The lowest BCUT2D eigenvalue weighted by molar-refractivity contribution is 0.0955. The van der Waals surface area contributed by atoms with Gasteiger partial charge in [-0.15, -0.1) is 0 Å². The normalized spacial score (nSPS) is 10.6. The summed E-state index contributed by atoms with van der Waals surface area (Å²) in [6.45, 7) is 2.65. The maximum absolute atomic E-state index is 12.1. The van der Waals surface area contributed by atoms with Crippen molar-refractivity contribution in [2.24, 2.45) is 0 Å². The minimum atomic E-state index is -0.0236. The van der Waals surface area contributed by atoms with Crippen LogP contribution in [0.2, 0.25) is 10.0 Å². The van der Waals surface area contributed by atoms with Crippen LogP contribution in [0.3, 0.4) is 0 Å². The maximum Gasteiger partial charge on any atom is 0.252 e. The molecule has 122 valence electrons. The van der Waals surface area contributed by atoms with E-state index in [4.69, 9.17) is 23.2 Å². The molecule has 2 rings (SSSR count). The van der Waals surface area contributed by atoms with Crippen LogP contribution in [0.15, 0.2) is 36.4 Å². The number of amides is 1. The molecular weight excluding hydrogens is 464 g/mol. The van der Waals surface area contributed by atoms with E-state index in [1.54, 1.807) is 17.8 Å². The third-order valence-corrected chi connectivity index (χ3v) is 5.82. The van der Waals surface area contributed by atoms with Gasteiger partial charge in [-0.3, -0.25) is 4.79 Å². The molecule has 2 nitrogen and oxygen atoms in total. The van der Waals surface area contributed by atoms with Gasteiger partial charge in [0.15, 0.2) is 0 Å². The Kier molecular flexibility index (Phi) is 7.53. The van der Waals surface area contributed by atoms with Crippen LogP contribution in [0, 0.1) is 10.5 Å². The van der Waals surface area contributed by atoms with E-state index in [0.717, 1.165) is 31.8 Å². The summed E-state index contributed by atoms with van der Waals surface area (Å²) in [7, 11) is 0. The van der Waals surface area contributed by atoms with Gasteiger partial charge in [-0.2, -0.15) is 11.8 Å². The summed E-state index contributed by atoms with van der Waals surface area (Å²) in [5.74, 6) is 1.66. The first kappa shape index (κ1) is 18.9. The third-order valence-electron chi connectivity index (χ3n) is 3.15. The van der Waals surface area contributed by atoms with Crippen molar-refractivity contribution < 1.29 is 4.79 Å². The highest BCUT2D eigenvalue weighted by molar-refractivity contribution is 14.1. The van der Waals surface area contributed by atoms with Gasteiger partial charge < -0.3 is 5.32 Å². The number of nitrogens with one attached hydrogen (secondary N) is 1. The molecule has 6 heteroatoms. The Morgan fingerprint density at radius 2 is 1.96 bits per heavy atom. The fraction of sp³-hybridized carbons (Fsp3) is 0.235. The Balaban J connectivity index is 1.74. The molecule has 0 heterocycles. The highest BCUT2D eigenvalue weighted by atomic mass is 127. The van der Waals surface area contributed by atoms with E-state index in [-0.39, 0.29) is 5.91 Å². The van der Waals surface area contributed by atoms with Gasteiger partial charge in [0.25, 0.3) is 5.91 Å². The number of rotatable bonds is 6. The molecule has 23 heavy (non-hydrogen) atoms. The molecule has 0 saturated heterocycles. The number of hydrogen-bond acceptors (Lipinski definition) is 2. The van der Waals surface area contributed by atoms with Crippen LogP contribution in [0.1, 0.15) is 21.5 Å². The number of carbonyl (C=O) groups is 1. The van der Waals surface area contributed by atoms with Gasteiger partial charge >= 0.3 is 0 Å². The standard InChI is InChI=1S/C17H16Cl2INOS/c1-11-2-4-13(16(20)8-11)17(22)21-6-7-23-10-12-3-5-14(18)15(19)9-12/h2-5,8-9H,6-7,10H2,1H3,(H,21,22). The average Bonchev–Trinajstić information content (AvgIpc) is 2.50. The zero-order valence-electron chi connectivity index (χ0n) is 12.5. The fourth-order valence-corrected chi connectivity index (χ4v) is 4.00. The van der Waals surface area contributed by atoms with E-state index in [9.17, 15) is 4.79 Å². The van der Waals surface area contributed by atoms with E-state index in [2.05, 4.69) is 27.9 Å². The van der Waals surface area contributed by atoms with Crippen LogP contribution in [0.25, 0.3) is 0 Å². The van der Waals surface area contributed by atoms with Gasteiger partial charge in [-0.1, -0.05) is 40.9 Å². The van der Waals surface area contributed by atoms with Crippen molar-refractivity contribution in [1.29, 1.82) is 0 Å². The third kappa shape index (κ3) is 5.85. The van der Waals surface area contributed by atoms with Crippen LogP contribution >= 0.6 is 57.6 Å². The second kappa shape index (κ2) is 9.16. The van der Waals surface area contributed by atoms with Gasteiger partial charge in [-0.25, -0.2) is 0 Å². The highest BCUT2D eigenvalue weighted by Gasteiger charge is 2.09. The lowest BCUT2D eigenvalue weighted by Crippen LogP contribution is -2.26. The van der Waals surface area contributed by atoms with Gasteiger partial charge in [0, 0.05) is 21.6 Å². The number of carbonyl (C=O) groups excluding carboxylic acids is 1. The smallest absolute Gasteiger partial charge is 0.252 e. The van der Waals surface area contributed by atoms with Crippen LogP contribution in [-0.4, -0.2) is 18.2 Å².